The molecule has 2 rings (SSSR count). The molecule has 1 aromatic rings. The predicted octanol–water partition coefficient (Wildman–Crippen LogP) is 1.70. The van der Waals surface area contributed by atoms with Crippen LogP contribution in [0, 0.1) is 11.8 Å². The van der Waals surface area contributed by atoms with E-state index in [0.29, 0.717) is 25.8 Å². The number of nitrogens with zero attached hydrogens (tertiary/aromatic N) is 1. The Balaban J connectivity index is 2.10. The van der Waals surface area contributed by atoms with Crippen molar-refractivity contribution in [1.82, 2.24) is 9.62 Å². The van der Waals surface area contributed by atoms with Crippen LogP contribution in [0.4, 0.5) is 0 Å². The van der Waals surface area contributed by atoms with Gasteiger partial charge in [0, 0.05) is 13.1 Å². The van der Waals surface area contributed by atoms with Gasteiger partial charge in [0.1, 0.15) is 6.04 Å². The molecule has 0 unspecified atom stereocenters. The fourth-order valence-corrected chi connectivity index (χ4v) is 4.62. The van der Waals surface area contributed by atoms with Crippen molar-refractivity contribution in [2.75, 3.05) is 13.1 Å². The zero-order valence-corrected chi connectivity index (χ0v) is 15.9. The maximum Gasteiger partial charge on any atom is 0.326 e. The Morgan fingerprint density at radius 1 is 1.31 bits per heavy atom. The molecule has 0 spiro atoms. The lowest BCUT2D eigenvalue weighted by atomic mass is 9.95. The van der Waals surface area contributed by atoms with Gasteiger partial charge in [0.05, 0.1) is 10.8 Å². The monoisotopic (exact) mass is 382 g/mol. The molecule has 1 aliphatic heterocycles. The summed E-state index contributed by atoms with van der Waals surface area (Å²) in [6.07, 6.45) is 1.72. The first-order chi connectivity index (χ1) is 12.3. The number of sulfonamides is 1. The van der Waals surface area contributed by atoms with Crippen LogP contribution in [0.25, 0.3) is 0 Å². The zero-order valence-electron chi connectivity index (χ0n) is 15.1. The predicted molar refractivity (Wildman–Crippen MR) is 96.9 cm³/mol. The Hall–Kier alpha value is -1.93. The molecule has 144 valence electrons. The van der Waals surface area contributed by atoms with E-state index in [9.17, 15) is 23.1 Å². The van der Waals surface area contributed by atoms with E-state index >= 15 is 0 Å². The number of benzene rings is 1. The summed E-state index contributed by atoms with van der Waals surface area (Å²) in [4.78, 5) is 24.2. The van der Waals surface area contributed by atoms with Gasteiger partial charge in [-0.3, -0.25) is 4.79 Å². The quantitative estimate of drug-likeness (QED) is 0.747. The number of piperidine rings is 1. The van der Waals surface area contributed by atoms with E-state index in [1.807, 2.05) is 6.92 Å². The molecule has 1 saturated heterocycles. The molecule has 7 nitrogen and oxygen atoms in total. The van der Waals surface area contributed by atoms with Gasteiger partial charge in [-0.05, 0) is 30.9 Å². The smallest absolute Gasteiger partial charge is 0.326 e. The molecular weight excluding hydrogens is 356 g/mol. The van der Waals surface area contributed by atoms with E-state index in [1.165, 1.54) is 16.4 Å². The Labute approximate surface area is 154 Å². The van der Waals surface area contributed by atoms with Gasteiger partial charge in [-0.25, -0.2) is 13.2 Å². The van der Waals surface area contributed by atoms with Crippen molar-refractivity contribution in [3.05, 3.63) is 30.3 Å². The minimum absolute atomic E-state index is 0.0654. The molecule has 1 amide bonds. The van der Waals surface area contributed by atoms with Crippen molar-refractivity contribution in [1.29, 1.82) is 0 Å². The number of rotatable bonds is 7. The van der Waals surface area contributed by atoms with E-state index < -0.39 is 33.9 Å². The van der Waals surface area contributed by atoms with Crippen LogP contribution < -0.4 is 5.32 Å². The zero-order chi connectivity index (χ0) is 19.3. The van der Waals surface area contributed by atoms with Gasteiger partial charge in [-0.2, -0.15) is 4.31 Å². The van der Waals surface area contributed by atoms with Crippen molar-refractivity contribution < 1.29 is 23.1 Å². The van der Waals surface area contributed by atoms with Crippen LogP contribution in [-0.4, -0.2) is 48.8 Å². The number of carbonyl (C=O) groups excluding carboxylic acids is 1. The van der Waals surface area contributed by atoms with Crippen LogP contribution in [0.2, 0.25) is 0 Å². The molecule has 26 heavy (non-hydrogen) atoms. The number of aliphatic carboxylic acids is 1. The second-order valence-corrected chi connectivity index (χ2v) is 8.66. The summed E-state index contributed by atoms with van der Waals surface area (Å²) in [5.74, 6) is -2.22. The third-order valence-corrected chi connectivity index (χ3v) is 6.79. The van der Waals surface area contributed by atoms with Gasteiger partial charge in [0.2, 0.25) is 15.9 Å². The minimum Gasteiger partial charge on any atom is -0.480 e. The average Bonchev–Trinajstić information content (AvgIpc) is 2.65. The average molecular weight is 382 g/mol. The van der Waals surface area contributed by atoms with Gasteiger partial charge in [0.25, 0.3) is 0 Å². The number of hydrogen-bond donors (Lipinski definition) is 2. The number of carbonyl (C=O) groups is 2. The second-order valence-electron chi connectivity index (χ2n) is 6.73. The van der Waals surface area contributed by atoms with Crippen LogP contribution in [0.1, 0.15) is 33.1 Å². The lowest BCUT2D eigenvalue weighted by Crippen LogP contribution is -2.51. The third kappa shape index (κ3) is 4.62. The molecule has 1 heterocycles. The fourth-order valence-electron chi connectivity index (χ4n) is 3.07. The van der Waals surface area contributed by atoms with Crippen LogP contribution in [-0.2, 0) is 19.6 Å². The summed E-state index contributed by atoms with van der Waals surface area (Å²) in [6, 6.07) is 7.15. The fraction of sp³-hybridized carbons (Fsp3) is 0.556. The van der Waals surface area contributed by atoms with Gasteiger partial charge in [-0.15, -0.1) is 0 Å². The Kier molecular flexibility index (Phi) is 6.77. The maximum absolute atomic E-state index is 12.7. The Morgan fingerprint density at radius 3 is 2.54 bits per heavy atom. The first-order valence-corrected chi connectivity index (χ1v) is 10.3. The molecule has 1 aromatic carbocycles. The topological polar surface area (TPSA) is 104 Å². The molecule has 1 fully saturated rings. The van der Waals surface area contributed by atoms with E-state index in [2.05, 4.69) is 5.32 Å². The van der Waals surface area contributed by atoms with E-state index in [-0.39, 0.29) is 17.4 Å². The van der Waals surface area contributed by atoms with Gasteiger partial charge in [0.15, 0.2) is 0 Å². The number of hydrogen-bond acceptors (Lipinski definition) is 4. The van der Waals surface area contributed by atoms with Gasteiger partial charge < -0.3 is 10.4 Å². The number of carboxylic acid groups (broad SMARTS) is 1. The van der Waals surface area contributed by atoms with Gasteiger partial charge >= 0.3 is 5.97 Å². The van der Waals surface area contributed by atoms with Crippen molar-refractivity contribution >= 4 is 21.9 Å². The molecule has 0 saturated carbocycles. The van der Waals surface area contributed by atoms with E-state index in [4.69, 9.17) is 0 Å². The number of carboxylic acids is 1. The van der Waals surface area contributed by atoms with Crippen LogP contribution >= 0.6 is 0 Å². The summed E-state index contributed by atoms with van der Waals surface area (Å²) >= 11 is 0. The largest absolute Gasteiger partial charge is 0.480 e. The van der Waals surface area contributed by atoms with Crippen LogP contribution in [0.5, 0.6) is 0 Å². The number of amides is 1. The summed E-state index contributed by atoms with van der Waals surface area (Å²) < 4.78 is 26.8. The molecular formula is C18H26N2O5S. The molecule has 0 bridgehead atoms. The first-order valence-electron chi connectivity index (χ1n) is 8.85. The lowest BCUT2D eigenvalue weighted by molar-refractivity contribution is -0.144. The summed E-state index contributed by atoms with van der Waals surface area (Å²) in [5, 5.41) is 11.9. The molecule has 0 aliphatic carbocycles. The lowest BCUT2D eigenvalue weighted by Gasteiger charge is -2.32. The highest BCUT2D eigenvalue weighted by atomic mass is 32.2. The third-order valence-electron chi connectivity index (χ3n) is 4.91. The molecule has 0 aromatic heterocycles. The Bertz CT molecular complexity index is 735. The molecule has 1 aliphatic rings. The van der Waals surface area contributed by atoms with Crippen LogP contribution in [0.15, 0.2) is 35.2 Å². The molecule has 3 atom stereocenters. The van der Waals surface area contributed by atoms with Crippen molar-refractivity contribution in [2.24, 2.45) is 11.8 Å². The van der Waals surface area contributed by atoms with Gasteiger partial charge in [-0.1, -0.05) is 38.5 Å². The van der Waals surface area contributed by atoms with E-state index in [1.54, 1.807) is 25.1 Å². The summed E-state index contributed by atoms with van der Waals surface area (Å²) in [7, 11) is -3.66. The SMILES string of the molecule is CC[C@@H](C)[C@H](NC(=O)[C@@H]1CCCN(S(=O)(=O)c2ccccc2)C1)C(=O)O. The molecule has 8 heteroatoms. The van der Waals surface area contributed by atoms with E-state index in [0.717, 1.165) is 0 Å². The summed E-state index contributed by atoms with van der Waals surface area (Å²) in [6.45, 7) is 4.05. The van der Waals surface area contributed by atoms with Crippen molar-refractivity contribution in [2.45, 2.75) is 44.0 Å². The highest BCUT2D eigenvalue weighted by Gasteiger charge is 2.35. The molecule has 0 radical (unpaired) electrons. The summed E-state index contributed by atoms with van der Waals surface area (Å²) in [5.41, 5.74) is 0. The Morgan fingerprint density at radius 2 is 1.96 bits per heavy atom. The van der Waals surface area contributed by atoms with Crippen molar-refractivity contribution in [3.63, 3.8) is 0 Å². The second kappa shape index (κ2) is 8.64. The van der Waals surface area contributed by atoms with Crippen molar-refractivity contribution in [3.8, 4) is 0 Å². The number of nitrogens with one attached hydrogen (secondary N) is 1. The highest BCUT2D eigenvalue weighted by molar-refractivity contribution is 7.89. The standard InChI is InChI=1S/C18H26N2O5S/c1-3-13(2)16(18(22)23)19-17(21)14-8-7-11-20(12-14)26(24,25)15-9-5-4-6-10-15/h4-6,9-10,13-14,16H,3,7-8,11-12H2,1-2H3,(H,19,21)(H,22,23)/t13-,14-,16+/m1/s1. The first kappa shape index (κ1) is 20.4. The minimum atomic E-state index is -3.66. The highest BCUT2D eigenvalue weighted by Crippen LogP contribution is 2.24. The van der Waals surface area contributed by atoms with Crippen LogP contribution in [0.3, 0.4) is 0 Å². The maximum atomic E-state index is 12.7. The normalized spacial score (nSPS) is 20.9. The molecule has 2 N–H and O–H groups in total.